The van der Waals surface area contributed by atoms with Gasteiger partial charge in [-0.3, -0.25) is 9.63 Å². The topological polar surface area (TPSA) is 29.5 Å². The van der Waals surface area contributed by atoms with E-state index in [9.17, 15) is 4.79 Å². The van der Waals surface area contributed by atoms with Crippen LogP contribution in [0, 0.1) is 0 Å². The van der Waals surface area contributed by atoms with Crippen LogP contribution in [0.1, 0.15) is 84.5 Å². The van der Waals surface area contributed by atoms with E-state index >= 15 is 0 Å². The second-order valence-corrected chi connectivity index (χ2v) is 5.21. The number of amides is 1. The lowest BCUT2D eigenvalue weighted by Gasteiger charge is -2.14. The molecule has 3 nitrogen and oxygen atoms in total. The molecule has 1 amide bonds. The molecule has 19 heavy (non-hydrogen) atoms. The zero-order chi connectivity index (χ0) is 14.2. The van der Waals surface area contributed by atoms with Crippen molar-refractivity contribution in [1.82, 2.24) is 5.06 Å². The fourth-order valence-corrected chi connectivity index (χ4v) is 2.10. The van der Waals surface area contributed by atoms with Crippen LogP contribution in [0.15, 0.2) is 0 Å². The Balaban J connectivity index is 3.11. The molecular formula is C16H32NO2. The molecule has 0 spiro atoms. The van der Waals surface area contributed by atoms with Crippen LogP contribution in [-0.4, -0.2) is 24.6 Å². The molecule has 0 aliphatic heterocycles. The van der Waals surface area contributed by atoms with Gasteiger partial charge in [0.1, 0.15) is 0 Å². The molecule has 0 heterocycles. The number of hydroxylamine groups is 2. The average Bonchev–Trinajstić information content (AvgIpc) is 2.43. The van der Waals surface area contributed by atoms with Gasteiger partial charge in [-0.2, -0.15) is 0 Å². The molecule has 0 aliphatic carbocycles. The summed E-state index contributed by atoms with van der Waals surface area (Å²) in [6, 6.07) is 0. The molecule has 0 fully saturated rings. The van der Waals surface area contributed by atoms with E-state index in [2.05, 4.69) is 6.92 Å². The number of rotatable bonds is 15. The maximum atomic E-state index is 10.5. The minimum Gasteiger partial charge on any atom is -0.271 e. The van der Waals surface area contributed by atoms with Gasteiger partial charge >= 0.3 is 6.41 Å². The molecule has 0 aromatic heterocycles. The van der Waals surface area contributed by atoms with Crippen LogP contribution in [0.2, 0.25) is 0 Å². The number of nitrogens with zero attached hydrogens (tertiary/aromatic N) is 1. The highest BCUT2D eigenvalue weighted by Gasteiger charge is 2.00. The lowest BCUT2D eigenvalue weighted by molar-refractivity contribution is -0.101. The number of carbonyl (C=O) groups excluding carboxylic acids is 1. The van der Waals surface area contributed by atoms with Gasteiger partial charge < -0.3 is 0 Å². The summed E-state index contributed by atoms with van der Waals surface area (Å²) < 4.78 is 0. The summed E-state index contributed by atoms with van der Waals surface area (Å²) in [7, 11) is 0. The van der Waals surface area contributed by atoms with Gasteiger partial charge in [-0.25, -0.2) is 5.06 Å². The summed E-state index contributed by atoms with van der Waals surface area (Å²) >= 11 is 0. The van der Waals surface area contributed by atoms with E-state index in [1.54, 1.807) is 6.41 Å². The molecule has 0 unspecified atom stereocenters. The van der Waals surface area contributed by atoms with E-state index in [-0.39, 0.29) is 0 Å². The third-order valence-corrected chi connectivity index (χ3v) is 3.27. The monoisotopic (exact) mass is 270 g/mol. The van der Waals surface area contributed by atoms with Crippen LogP contribution in [-0.2, 0) is 9.63 Å². The predicted octanol–water partition coefficient (Wildman–Crippen LogP) is 4.62. The lowest BCUT2D eigenvalue weighted by atomic mass is 10.1. The van der Waals surface area contributed by atoms with Crippen molar-refractivity contribution in [1.29, 1.82) is 0 Å². The first kappa shape index (κ1) is 18.4. The quantitative estimate of drug-likeness (QED) is 0.247. The van der Waals surface area contributed by atoms with Crippen LogP contribution < -0.4 is 0 Å². The summed E-state index contributed by atoms with van der Waals surface area (Å²) in [6.45, 7) is 5.56. The molecule has 0 saturated carbocycles. The zero-order valence-electron chi connectivity index (χ0n) is 13.0. The van der Waals surface area contributed by atoms with Crippen LogP contribution >= 0.6 is 0 Å². The first-order chi connectivity index (χ1) is 9.35. The summed E-state index contributed by atoms with van der Waals surface area (Å²) in [5.74, 6) is 0. The van der Waals surface area contributed by atoms with Gasteiger partial charge in [-0.15, -0.1) is 0 Å². The van der Waals surface area contributed by atoms with Crippen molar-refractivity contribution in [3.05, 3.63) is 0 Å². The van der Waals surface area contributed by atoms with Crippen molar-refractivity contribution in [3.63, 3.8) is 0 Å². The van der Waals surface area contributed by atoms with Gasteiger partial charge in [-0.1, -0.05) is 71.6 Å². The molecule has 0 atom stereocenters. The molecule has 0 rings (SSSR count). The Bertz CT molecular complexity index is 186. The number of hydrogen-bond donors (Lipinski definition) is 0. The molecule has 1 radical (unpaired) electrons. The van der Waals surface area contributed by atoms with Crippen LogP contribution in [0.4, 0.5) is 0 Å². The average molecular weight is 270 g/mol. The fraction of sp³-hybridized carbons (Fsp3) is 0.938. The first-order valence-corrected chi connectivity index (χ1v) is 8.13. The van der Waals surface area contributed by atoms with Gasteiger partial charge in [0, 0.05) is 6.54 Å². The molecular weight excluding hydrogens is 238 g/mol. The van der Waals surface area contributed by atoms with Crippen molar-refractivity contribution >= 4 is 6.41 Å². The highest BCUT2D eigenvalue weighted by atomic mass is 16.7. The molecule has 0 bridgehead atoms. The third-order valence-electron chi connectivity index (χ3n) is 3.27. The maximum Gasteiger partial charge on any atom is 0.337 e. The SMILES string of the molecule is CCCCCCCCCCCCON([C]=O)CCC. The second-order valence-electron chi connectivity index (χ2n) is 5.21. The fourth-order valence-electron chi connectivity index (χ4n) is 2.10. The second kappa shape index (κ2) is 15.5. The molecule has 0 aromatic carbocycles. The standard InChI is InChI=1S/C16H32NO2/c1-3-5-6-7-8-9-10-11-12-13-15-19-17(16-18)14-4-2/h3-15H2,1-2H3. The smallest absolute Gasteiger partial charge is 0.271 e. The summed E-state index contributed by atoms with van der Waals surface area (Å²) in [5.41, 5.74) is 0. The Morgan fingerprint density at radius 2 is 1.32 bits per heavy atom. The van der Waals surface area contributed by atoms with Gasteiger partial charge in [0.15, 0.2) is 0 Å². The van der Waals surface area contributed by atoms with Crippen molar-refractivity contribution in [3.8, 4) is 0 Å². The lowest BCUT2D eigenvalue weighted by Crippen LogP contribution is -2.23. The van der Waals surface area contributed by atoms with E-state index in [4.69, 9.17) is 4.84 Å². The van der Waals surface area contributed by atoms with Crippen molar-refractivity contribution in [2.24, 2.45) is 0 Å². The third kappa shape index (κ3) is 13.7. The molecule has 0 saturated heterocycles. The van der Waals surface area contributed by atoms with Crippen molar-refractivity contribution < 1.29 is 9.63 Å². The minimum absolute atomic E-state index is 0.640. The summed E-state index contributed by atoms with van der Waals surface area (Å²) in [6.07, 6.45) is 15.9. The Morgan fingerprint density at radius 3 is 1.79 bits per heavy atom. The molecule has 3 heteroatoms. The molecule has 0 N–H and O–H groups in total. The largest absolute Gasteiger partial charge is 0.337 e. The number of unbranched alkanes of at least 4 members (excludes halogenated alkanes) is 9. The van der Waals surface area contributed by atoms with Crippen LogP contribution in [0.5, 0.6) is 0 Å². The first-order valence-electron chi connectivity index (χ1n) is 8.13. The Morgan fingerprint density at radius 1 is 0.789 bits per heavy atom. The van der Waals surface area contributed by atoms with E-state index in [1.807, 2.05) is 6.92 Å². The highest BCUT2D eigenvalue weighted by molar-refractivity contribution is 5.45. The molecule has 0 aliphatic rings. The molecule has 0 aromatic rings. The van der Waals surface area contributed by atoms with Crippen molar-refractivity contribution in [2.75, 3.05) is 13.2 Å². The number of hydrogen-bond acceptors (Lipinski definition) is 2. The minimum atomic E-state index is 0.640. The summed E-state index contributed by atoms with van der Waals surface area (Å²) in [5, 5.41) is 1.29. The van der Waals surface area contributed by atoms with E-state index in [1.165, 1.54) is 62.9 Å². The van der Waals surface area contributed by atoms with Gasteiger partial charge in [0.2, 0.25) is 0 Å². The highest BCUT2D eigenvalue weighted by Crippen LogP contribution is 2.10. The summed E-state index contributed by atoms with van der Waals surface area (Å²) in [4.78, 5) is 15.8. The zero-order valence-corrected chi connectivity index (χ0v) is 13.0. The van der Waals surface area contributed by atoms with Gasteiger partial charge in [-0.05, 0) is 12.8 Å². The normalized spacial score (nSPS) is 10.6. The Kier molecular flexibility index (Phi) is 15.0. The Labute approximate surface area is 119 Å². The van der Waals surface area contributed by atoms with E-state index < -0.39 is 0 Å². The van der Waals surface area contributed by atoms with E-state index in [0.717, 1.165) is 12.8 Å². The van der Waals surface area contributed by atoms with Crippen molar-refractivity contribution in [2.45, 2.75) is 84.5 Å². The van der Waals surface area contributed by atoms with Crippen LogP contribution in [0.25, 0.3) is 0 Å². The maximum absolute atomic E-state index is 10.5. The van der Waals surface area contributed by atoms with Crippen LogP contribution in [0.3, 0.4) is 0 Å². The van der Waals surface area contributed by atoms with Gasteiger partial charge in [0.05, 0.1) is 6.61 Å². The van der Waals surface area contributed by atoms with E-state index in [0.29, 0.717) is 13.2 Å². The van der Waals surface area contributed by atoms with Gasteiger partial charge in [0.25, 0.3) is 0 Å². The molecule has 113 valence electrons. The Hall–Kier alpha value is -0.570. The predicted molar refractivity (Wildman–Crippen MR) is 80.5 cm³/mol.